The maximum Gasteiger partial charge on any atom is 0.255 e. The first-order chi connectivity index (χ1) is 9.19. The molecule has 0 spiro atoms. The Balaban J connectivity index is 2.41. The van der Waals surface area contributed by atoms with Crippen LogP contribution in [0.25, 0.3) is 0 Å². The van der Waals surface area contributed by atoms with Crippen LogP contribution in [-0.2, 0) is 4.79 Å². The number of pyridine rings is 1. The molecular weight excluding hydrogens is 244 g/mol. The molecule has 0 atom stereocenters. The van der Waals surface area contributed by atoms with Crippen molar-refractivity contribution >= 4 is 17.6 Å². The number of rotatable bonds is 7. The molecule has 0 aliphatic rings. The van der Waals surface area contributed by atoms with Crippen LogP contribution in [-0.4, -0.2) is 36.9 Å². The van der Waals surface area contributed by atoms with E-state index in [9.17, 15) is 9.59 Å². The predicted octanol–water partition coefficient (Wildman–Crippen LogP) is 0.769. The minimum Gasteiger partial charge on any atom is -0.372 e. The Kier molecular flexibility index (Phi) is 6.35. The van der Waals surface area contributed by atoms with Gasteiger partial charge in [0, 0.05) is 32.8 Å². The van der Waals surface area contributed by atoms with Crippen LogP contribution < -0.4 is 16.0 Å². The van der Waals surface area contributed by atoms with Crippen LogP contribution >= 0.6 is 0 Å². The molecule has 2 amide bonds. The molecule has 104 valence electrons. The summed E-state index contributed by atoms with van der Waals surface area (Å²) in [4.78, 5) is 27.3. The van der Waals surface area contributed by atoms with E-state index in [1.54, 1.807) is 25.4 Å². The average Bonchev–Trinajstić information content (AvgIpc) is 2.44. The molecule has 1 heterocycles. The summed E-state index contributed by atoms with van der Waals surface area (Å²) in [5, 5.41) is 8.31. The van der Waals surface area contributed by atoms with Crippen LogP contribution in [0, 0.1) is 0 Å². The molecule has 1 rings (SSSR count). The Morgan fingerprint density at radius 2 is 2.05 bits per heavy atom. The molecule has 1 aromatic heterocycles. The number of anilines is 1. The normalized spacial score (nSPS) is 9.79. The van der Waals surface area contributed by atoms with Crippen LogP contribution in [0.2, 0.25) is 0 Å². The first-order valence-corrected chi connectivity index (χ1v) is 6.36. The zero-order valence-corrected chi connectivity index (χ0v) is 11.3. The zero-order valence-electron chi connectivity index (χ0n) is 11.3. The fraction of sp³-hybridized carbons (Fsp3) is 0.462. The molecule has 19 heavy (non-hydrogen) atoms. The van der Waals surface area contributed by atoms with E-state index in [2.05, 4.69) is 20.9 Å². The third-order valence-corrected chi connectivity index (χ3v) is 2.50. The lowest BCUT2D eigenvalue weighted by Gasteiger charge is -2.08. The Bertz CT molecular complexity index is 434. The SMILES string of the molecule is CCCNC(=O)CCNC(=O)c1cccnc1NC. The van der Waals surface area contributed by atoms with Gasteiger partial charge in [-0.2, -0.15) is 0 Å². The monoisotopic (exact) mass is 264 g/mol. The van der Waals surface area contributed by atoms with E-state index >= 15 is 0 Å². The molecule has 1 aromatic rings. The number of hydrogen-bond acceptors (Lipinski definition) is 4. The van der Waals surface area contributed by atoms with E-state index in [0.717, 1.165) is 6.42 Å². The van der Waals surface area contributed by atoms with E-state index in [4.69, 9.17) is 0 Å². The van der Waals surface area contributed by atoms with Crippen molar-refractivity contribution < 1.29 is 9.59 Å². The van der Waals surface area contributed by atoms with Crippen molar-refractivity contribution in [3.8, 4) is 0 Å². The van der Waals surface area contributed by atoms with Crippen LogP contribution in [0.15, 0.2) is 18.3 Å². The average molecular weight is 264 g/mol. The molecule has 3 N–H and O–H groups in total. The number of hydrogen-bond donors (Lipinski definition) is 3. The Hall–Kier alpha value is -2.11. The molecule has 0 aliphatic carbocycles. The fourth-order valence-electron chi connectivity index (χ4n) is 1.53. The van der Waals surface area contributed by atoms with Gasteiger partial charge in [-0.25, -0.2) is 4.98 Å². The summed E-state index contributed by atoms with van der Waals surface area (Å²) in [5.74, 6) is 0.235. The lowest BCUT2D eigenvalue weighted by Crippen LogP contribution is -2.31. The highest BCUT2D eigenvalue weighted by molar-refractivity contribution is 5.98. The third-order valence-electron chi connectivity index (χ3n) is 2.50. The molecule has 0 aliphatic heterocycles. The summed E-state index contributed by atoms with van der Waals surface area (Å²) in [6, 6.07) is 3.38. The topological polar surface area (TPSA) is 83.1 Å². The lowest BCUT2D eigenvalue weighted by atomic mass is 10.2. The minimum absolute atomic E-state index is 0.0535. The van der Waals surface area contributed by atoms with Gasteiger partial charge in [-0.3, -0.25) is 9.59 Å². The summed E-state index contributed by atoms with van der Waals surface area (Å²) >= 11 is 0. The largest absolute Gasteiger partial charge is 0.372 e. The van der Waals surface area contributed by atoms with Gasteiger partial charge in [0.05, 0.1) is 5.56 Å². The van der Waals surface area contributed by atoms with Gasteiger partial charge in [0.15, 0.2) is 0 Å². The maximum absolute atomic E-state index is 11.9. The van der Waals surface area contributed by atoms with Gasteiger partial charge < -0.3 is 16.0 Å². The highest BCUT2D eigenvalue weighted by Crippen LogP contribution is 2.09. The number of carbonyl (C=O) groups excluding carboxylic acids is 2. The molecule has 0 fully saturated rings. The number of aromatic nitrogens is 1. The first kappa shape index (κ1) is 14.9. The van der Waals surface area contributed by atoms with Gasteiger partial charge in [-0.15, -0.1) is 0 Å². The second kappa shape index (κ2) is 8.07. The molecular formula is C13H20N4O2. The fourth-order valence-corrected chi connectivity index (χ4v) is 1.53. The highest BCUT2D eigenvalue weighted by Gasteiger charge is 2.11. The molecule has 0 saturated heterocycles. The highest BCUT2D eigenvalue weighted by atomic mass is 16.2. The van der Waals surface area contributed by atoms with Crippen molar-refractivity contribution in [1.82, 2.24) is 15.6 Å². The predicted molar refractivity (Wildman–Crippen MR) is 74.0 cm³/mol. The Morgan fingerprint density at radius 3 is 2.74 bits per heavy atom. The Morgan fingerprint density at radius 1 is 1.26 bits per heavy atom. The van der Waals surface area contributed by atoms with E-state index in [-0.39, 0.29) is 18.2 Å². The van der Waals surface area contributed by atoms with Crippen LogP contribution in [0.4, 0.5) is 5.82 Å². The number of carbonyl (C=O) groups is 2. The minimum atomic E-state index is -0.235. The third kappa shape index (κ3) is 4.95. The standard InChI is InChI=1S/C13H20N4O2/c1-3-7-15-11(18)6-9-17-13(19)10-5-4-8-16-12(10)14-2/h4-5,8H,3,6-7,9H2,1-2H3,(H,14,16)(H,15,18)(H,17,19). The van der Waals surface area contributed by atoms with Crippen molar-refractivity contribution in [2.45, 2.75) is 19.8 Å². The van der Waals surface area contributed by atoms with Crippen molar-refractivity contribution in [2.75, 3.05) is 25.5 Å². The van der Waals surface area contributed by atoms with E-state index in [1.165, 1.54) is 0 Å². The smallest absolute Gasteiger partial charge is 0.255 e. The summed E-state index contributed by atoms with van der Waals surface area (Å²) in [6.45, 7) is 2.97. The van der Waals surface area contributed by atoms with E-state index in [1.807, 2.05) is 6.92 Å². The van der Waals surface area contributed by atoms with Gasteiger partial charge in [-0.1, -0.05) is 6.92 Å². The Labute approximate surface area is 113 Å². The van der Waals surface area contributed by atoms with Crippen molar-refractivity contribution in [3.05, 3.63) is 23.9 Å². The van der Waals surface area contributed by atoms with Crippen LogP contribution in [0.5, 0.6) is 0 Å². The number of nitrogens with zero attached hydrogens (tertiary/aromatic N) is 1. The zero-order chi connectivity index (χ0) is 14.1. The van der Waals surface area contributed by atoms with Gasteiger partial charge in [0.25, 0.3) is 5.91 Å². The van der Waals surface area contributed by atoms with Gasteiger partial charge in [0.1, 0.15) is 5.82 Å². The molecule has 6 heteroatoms. The van der Waals surface area contributed by atoms with Gasteiger partial charge in [0.2, 0.25) is 5.91 Å². The molecule has 0 unspecified atom stereocenters. The van der Waals surface area contributed by atoms with Crippen molar-refractivity contribution in [2.24, 2.45) is 0 Å². The number of nitrogens with one attached hydrogen (secondary N) is 3. The van der Waals surface area contributed by atoms with Crippen LogP contribution in [0.1, 0.15) is 30.1 Å². The van der Waals surface area contributed by atoms with Gasteiger partial charge in [-0.05, 0) is 18.6 Å². The molecule has 0 bridgehead atoms. The summed E-state index contributed by atoms with van der Waals surface area (Å²) in [6.07, 6.45) is 2.79. The second-order valence-corrected chi connectivity index (χ2v) is 4.01. The second-order valence-electron chi connectivity index (χ2n) is 4.01. The molecule has 0 aromatic carbocycles. The number of amides is 2. The van der Waals surface area contributed by atoms with Crippen molar-refractivity contribution in [1.29, 1.82) is 0 Å². The van der Waals surface area contributed by atoms with Crippen LogP contribution in [0.3, 0.4) is 0 Å². The molecule has 6 nitrogen and oxygen atoms in total. The quantitative estimate of drug-likeness (QED) is 0.679. The first-order valence-electron chi connectivity index (χ1n) is 6.36. The van der Waals surface area contributed by atoms with E-state index in [0.29, 0.717) is 24.5 Å². The maximum atomic E-state index is 11.9. The summed E-state index contributed by atoms with van der Waals surface area (Å²) in [5.41, 5.74) is 0.471. The van der Waals surface area contributed by atoms with E-state index < -0.39 is 0 Å². The molecule has 0 radical (unpaired) electrons. The van der Waals surface area contributed by atoms with Crippen molar-refractivity contribution in [3.63, 3.8) is 0 Å². The van der Waals surface area contributed by atoms with Gasteiger partial charge >= 0.3 is 0 Å². The molecule has 0 saturated carbocycles. The summed E-state index contributed by atoms with van der Waals surface area (Å²) < 4.78 is 0. The summed E-state index contributed by atoms with van der Waals surface area (Å²) in [7, 11) is 1.71. The lowest BCUT2D eigenvalue weighted by molar-refractivity contribution is -0.120.